The van der Waals surface area contributed by atoms with Crippen molar-refractivity contribution in [2.24, 2.45) is 11.7 Å². The van der Waals surface area contributed by atoms with Gasteiger partial charge in [-0.3, -0.25) is 9.59 Å². The van der Waals surface area contributed by atoms with E-state index >= 15 is 0 Å². The van der Waals surface area contributed by atoms with E-state index in [1.54, 1.807) is 37.3 Å². The number of hydrogen-bond donors (Lipinski definition) is 2. The van der Waals surface area contributed by atoms with E-state index in [1.807, 2.05) is 6.92 Å². The smallest absolute Gasteiger partial charge is 0.254 e. The third-order valence-electron chi connectivity index (χ3n) is 4.65. The Hall–Kier alpha value is -1.99. The summed E-state index contributed by atoms with van der Waals surface area (Å²) in [6.07, 6.45) is 2.09. The molecule has 1 saturated heterocycles. The summed E-state index contributed by atoms with van der Waals surface area (Å²) < 4.78 is 10.5. The zero-order valence-electron chi connectivity index (χ0n) is 16.2. The number of rotatable bonds is 7. The highest BCUT2D eigenvalue weighted by Crippen LogP contribution is 2.25. The predicted molar refractivity (Wildman–Crippen MR) is 107 cm³/mol. The second-order valence-corrected chi connectivity index (χ2v) is 6.72. The molecule has 0 spiro atoms. The van der Waals surface area contributed by atoms with Gasteiger partial charge < -0.3 is 25.4 Å². The van der Waals surface area contributed by atoms with Gasteiger partial charge in [0, 0.05) is 43.2 Å². The molecule has 27 heavy (non-hydrogen) atoms. The second kappa shape index (κ2) is 11.0. The summed E-state index contributed by atoms with van der Waals surface area (Å²) in [5, 5.41) is 2.93. The Kier molecular flexibility index (Phi) is 9.38. The van der Waals surface area contributed by atoms with Crippen molar-refractivity contribution in [3.8, 4) is 11.5 Å². The lowest BCUT2D eigenvalue weighted by Crippen LogP contribution is -2.43. The number of hydrogen-bond acceptors (Lipinski definition) is 5. The fourth-order valence-corrected chi connectivity index (χ4v) is 3.03. The first-order chi connectivity index (χ1) is 12.4. The van der Waals surface area contributed by atoms with Crippen LogP contribution in [-0.4, -0.2) is 56.6 Å². The molecule has 0 aliphatic carbocycles. The molecular formula is C19H30ClN3O4. The van der Waals surface area contributed by atoms with Crippen LogP contribution in [0.3, 0.4) is 0 Å². The van der Waals surface area contributed by atoms with Gasteiger partial charge in [-0.15, -0.1) is 12.4 Å². The largest absolute Gasteiger partial charge is 0.497 e. The number of carbonyl (C=O) groups excluding carboxylic acids is 2. The van der Waals surface area contributed by atoms with Crippen LogP contribution in [-0.2, 0) is 4.79 Å². The Bertz CT molecular complexity index is 609. The van der Waals surface area contributed by atoms with Crippen LogP contribution < -0.4 is 20.5 Å². The maximum Gasteiger partial charge on any atom is 0.254 e. The Morgan fingerprint density at radius 2 is 1.74 bits per heavy atom. The molecule has 0 aromatic heterocycles. The number of likely N-dealkylation sites (tertiary alicyclic amines) is 1. The average Bonchev–Trinajstić information content (AvgIpc) is 2.66. The minimum Gasteiger partial charge on any atom is -0.497 e. The van der Waals surface area contributed by atoms with Crippen molar-refractivity contribution in [2.45, 2.75) is 32.2 Å². The van der Waals surface area contributed by atoms with Crippen LogP contribution in [0.2, 0.25) is 0 Å². The van der Waals surface area contributed by atoms with Crippen molar-refractivity contribution >= 4 is 24.2 Å². The molecule has 0 saturated carbocycles. The first-order valence-corrected chi connectivity index (χ1v) is 9.00. The fourth-order valence-electron chi connectivity index (χ4n) is 3.03. The minimum atomic E-state index is -0.0713. The zero-order valence-corrected chi connectivity index (χ0v) is 17.0. The molecule has 1 heterocycles. The molecule has 1 fully saturated rings. The van der Waals surface area contributed by atoms with E-state index in [0.29, 0.717) is 49.5 Å². The number of piperidine rings is 1. The third-order valence-corrected chi connectivity index (χ3v) is 4.65. The maximum atomic E-state index is 12.8. The van der Waals surface area contributed by atoms with Gasteiger partial charge in [-0.1, -0.05) is 0 Å². The van der Waals surface area contributed by atoms with Gasteiger partial charge in [0.1, 0.15) is 11.5 Å². The summed E-state index contributed by atoms with van der Waals surface area (Å²) in [7, 11) is 3.11. The number of benzene rings is 1. The molecule has 2 amide bonds. The standard InChI is InChI=1S/C19H29N3O4.ClH/c1-13(20)4-7-21-18(23)14-5-8-22(9-6-14)19(24)15-10-16(25-2)12-17(11-15)26-3;/h10-14H,4-9,20H2,1-3H3,(H,21,23);1H. The van der Waals surface area contributed by atoms with Crippen LogP contribution in [0.5, 0.6) is 11.5 Å². The van der Waals surface area contributed by atoms with Gasteiger partial charge >= 0.3 is 0 Å². The summed E-state index contributed by atoms with van der Waals surface area (Å²) in [5.74, 6) is 1.10. The molecule has 1 unspecified atom stereocenters. The lowest BCUT2D eigenvalue weighted by molar-refractivity contribution is -0.126. The molecule has 1 aliphatic heterocycles. The summed E-state index contributed by atoms with van der Waals surface area (Å²) in [6, 6.07) is 5.22. The monoisotopic (exact) mass is 399 g/mol. The number of nitrogens with zero attached hydrogens (tertiary/aromatic N) is 1. The van der Waals surface area contributed by atoms with Crippen molar-refractivity contribution < 1.29 is 19.1 Å². The van der Waals surface area contributed by atoms with Crippen LogP contribution in [0.4, 0.5) is 0 Å². The van der Waals surface area contributed by atoms with E-state index in [1.165, 1.54) is 0 Å². The van der Waals surface area contributed by atoms with Crippen molar-refractivity contribution in [1.29, 1.82) is 0 Å². The number of carbonyl (C=O) groups is 2. The van der Waals surface area contributed by atoms with E-state index in [2.05, 4.69) is 5.32 Å². The Morgan fingerprint density at radius 3 is 2.22 bits per heavy atom. The van der Waals surface area contributed by atoms with Gasteiger partial charge in [0.2, 0.25) is 5.91 Å². The molecule has 0 bridgehead atoms. The summed E-state index contributed by atoms with van der Waals surface area (Å²) in [4.78, 5) is 26.7. The topological polar surface area (TPSA) is 93.9 Å². The molecule has 7 nitrogen and oxygen atoms in total. The zero-order chi connectivity index (χ0) is 19.1. The molecular weight excluding hydrogens is 370 g/mol. The van der Waals surface area contributed by atoms with Gasteiger partial charge in [0.25, 0.3) is 5.91 Å². The number of halogens is 1. The third kappa shape index (κ3) is 6.59. The summed E-state index contributed by atoms with van der Waals surface area (Å²) >= 11 is 0. The van der Waals surface area contributed by atoms with Crippen LogP contribution in [0, 0.1) is 5.92 Å². The highest BCUT2D eigenvalue weighted by Gasteiger charge is 2.28. The predicted octanol–water partition coefficient (Wildman–Crippen LogP) is 1.83. The van der Waals surface area contributed by atoms with Crippen LogP contribution in [0.15, 0.2) is 18.2 Å². The van der Waals surface area contributed by atoms with Gasteiger partial charge in [0.15, 0.2) is 0 Å². The summed E-state index contributed by atoms with van der Waals surface area (Å²) in [6.45, 7) is 3.64. The van der Waals surface area contributed by atoms with Gasteiger partial charge in [-0.2, -0.15) is 0 Å². The lowest BCUT2D eigenvalue weighted by Gasteiger charge is -2.31. The van der Waals surface area contributed by atoms with Gasteiger partial charge in [-0.05, 0) is 38.3 Å². The van der Waals surface area contributed by atoms with Crippen LogP contribution >= 0.6 is 12.4 Å². The highest BCUT2D eigenvalue weighted by molar-refractivity contribution is 5.95. The van der Waals surface area contributed by atoms with Gasteiger partial charge in [0.05, 0.1) is 14.2 Å². The summed E-state index contributed by atoms with van der Waals surface area (Å²) in [5.41, 5.74) is 6.22. The quantitative estimate of drug-likeness (QED) is 0.729. The molecule has 152 valence electrons. The fraction of sp³-hybridized carbons (Fsp3) is 0.579. The molecule has 1 aliphatic rings. The molecule has 1 atom stereocenters. The first kappa shape index (κ1) is 23.0. The Morgan fingerprint density at radius 1 is 1.19 bits per heavy atom. The Labute approximate surface area is 167 Å². The van der Waals surface area contributed by atoms with E-state index in [0.717, 1.165) is 6.42 Å². The van der Waals surface area contributed by atoms with Crippen LogP contribution in [0.25, 0.3) is 0 Å². The van der Waals surface area contributed by atoms with Crippen molar-refractivity contribution in [1.82, 2.24) is 10.2 Å². The van der Waals surface area contributed by atoms with Crippen molar-refractivity contribution in [3.63, 3.8) is 0 Å². The number of nitrogens with one attached hydrogen (secondary N) is 1. The highest BCUT2D eigenvalue weighted by atomic mass is 35.5. The van der Waals surface area contributed by atoms with Gasteiger partial charge in [-0.25, -0.2) is 0 Å². The lowest BCUT2D eigenvalue weighted by atomic mass is 9.95. The average molecular weight is 400 g/mol. The number of ether oxygens (including phenoxy) is 2. The normalized spacial score (nSPS) is 15.5. The number of methoxy groups -OCH3 is 2. The molecule has 0 radical (unpaired) electrons. The van der Waals surface area contributed by atoms with E-state index in [9.17, 15) is 9.59 Å². The molecule has 3 N–H and O–H groups in total. The molecule has 1 aromatic rings. The minimum absolute atomic E-state index is 0. The first-order valence-electron chi connectivity index (χ1n) is 9.00. The molecule has 2 rings (SSSR count). The van der Waals surface area contributed by atoms with E-state index in [-0.39, 0.29) is 36.2 Å². The maximum absolute atomic E-state index is 12.8. The number of amides is 2. The van der Waals surface area contributed by atoms with E-state index < -0.39 is 0 Å². The van der Waals surface area contributed by atoms with E-state index in [4.69, 9.17) is 15.2 Å². The van der Waals surface area contributed by atoms with Crippen LogP contribution in [0.1, 0.15) is 36.5 Å². The number of nitrogens with two attached hydrogens (primary N) is 1. The molecule has 1 aromatic carbocycles. The molecule has 8 heteroatoms. The second-order valence-electron chi connectivity index (χ2n) is 6.72. The van der Waals surface area contributed by atoms with Crippen molar-refractivity contribution in [3.05, 3.63) is 23.8 Å². The SMILES string of the molecule is COc1cc(OC)cc(C(=O)N2CCC(C(=O)NCCC(C)N)CC2)c1.Cl. The Balaban J connectivity index is 0.00000364. The van der Waals surface area contributed by atoms with Crippen molar-refractivity contribution in [2.75, 3.05) is 33.9 Å².